The molecule has 7 nitrogen and oxygen atoms in total. The molecule has 0 unspecified atom stereocenters. The number of benzene rings is 2. The van der Waals surface area contributed by atoms with Gasteiger partial charge >= 0.3 is 5.97 Å². The number of nitrogens with one attached hydrogen (secondary N) is 1. The average Bonchev–Trinajstić information content (AvgIpc) is 2.74. The van der Waals surface area contributed by atoms with Crippen LogP contribution in [0.3, 0.4) is 0 Å². The summed E-state index contributed by atoms with van der Waals surface area (Å²) in [6.45, 7) is 1.25. The second-order valence-corrected chi connectivity index (χ2v) is 6.07. The van der Waals surface area contributed by atoms with Gasteiger partial charge in [-0.2, -0.15) is 0 Å². The Morgan fingerprint density at radius 3 is 2.34 bits per heavy atom. The highest BCUT2D eigenvalue weighted by Gasteiger charge is 2.17. The summed E-state index contributed by atoms with van der Waals surface area (Å²) in [5, 5.41) is 2.66. The number of carbonyl (C=O) groups excluding carboxylic acids is 3. The first-order valence-corrected chi connectivity index (χ1v) is 9.10. The molecule has 0 spiro atoms. The van der Waals surface area contributed by atoms with Crippen molar-refractivity contribution in [3.05, 3.63) is 66.0 Å². The van der Waals surface area contributed by atoms with E-state index in [9.17, 15) is 18.8 Å². The molecule has 2 aromatic rings. The van der Waals surface area contributed by atoms with E-state index in [2.05, 4.69) is 5.32 Å². The first-order valence-electron chi connectivity index (χ1n) is 9.10. The van der Waals surface area contributed by atoms with Gasteiger partial charge in [0.15, 0.2) is 13.2 Å². The zero-order valence-corrected chi connectivity index (χ0v) is 16.1. The number of carbonyl (C=O) groups is 3. The molecule has 0 aliphatic heterocycles. The summed E-state index contributed by atoms with van der Waals surface area (Å²) in [4.78, 5) is 37.2. The zero-order chi connectivity index (χ0) is 21.1. The summed E-state index contributed by atoms with van der Waals surface area (Å²) < 4.78 is 23.0. The van der Waals surface area contributed by atoms with E-state index < -0.39 is 18.5 Å². The van der Waals surface area contributed by atoms with Crippen molar-refractivity contribution in [2.45, 2.75) is 13.5 Å². The first kappa shape index (κ1) is 21.9. The van der Waals surface area contributed by atoms with Crippen LogP contribution in [0.1, 0.15) is 12.5 Å². The van der Waals surface area contributed by atoms with E-state index in [-0.39, 0.29) is 38.0 Å². The van der Waals surface area contributed by atoms with Crippen LogP contribution >= 0.6 is 0 Å². The minimum absolute atomic E-state index is 0.172. The van der Waals surface area contributed by atoms with Gasteiger partial charge in [0.1, 0.15) is 11.6 Å². The maximum absolute atomic E-state index is 12.9. The predicted molar refractivity (Wildman–Crippen MR) is 103 cm³/mol. The normalized spacial score (nSPS) is 10.1. The maximum atomic E-state index is 12.9. The van der Waals surface area contributed by atoms with Crippen LogP contribution in [0, 0.1) is 5.82 Å². The fourth-order valence-electron chi connectivity index (χ4n) is 2.34. The van der Waals surface area contributed by atoms with Gasteiger partial charge < -0.3 is 19.7 Å². The van der Waals surface area contributed by atoms with E-state index in [1.165, 1.54) is 17.0 Å². The molecule has 0 aliphatic rings. The molecule has 0 heterocycles. The van der Waals surface area contributed by atoms with Gasteiger partial charge in [0.05, 0.1) is 6.54 Å². The van der Waals surface area contributed by atoms with Gasteiger partial charge in [-0.1, -0.05) is 30.3 Å². The van der Waals surface area contributed by atoms with Gasteiger partial charge in [0.25, 0.3) is 5.91 Å². The second kappa shape index (κ2) is 11.4. The minimum atomic E-state index is -0.681. The van der Waals surface area contributed by atoms with Crippen LogP contribution in [-0.4, -0.2) is 49.0 Å². The highest BCUT2D eigenvalue weighted by atomic mass is 19.1. The highest BCUT2D eigenvalue weighted by molar-refractivity contribution is 5.86. The fourth-order valence-corrected chi connectivity index (χ4v) is 2.34. The van der Waals surface area contributed by atoms with E-state index in [1.54, 1.807) is 43.3 Å². The predicted octanol–water partition coefficient (Wildman–Crippen LogP) is 1.91. The number of nitrogens with zero attached hydrogens (tertiary/aromatic N) is 1. The van der Waals surface area contributed by atoms with Gasteiger partial charge in [0, 0.05) is 13.1 Å². The Morgan fingerprint density at radius 2 is 1.69 bits per heavy atom. The lowest BCUT2D eigenvalue weighted by atomic mass is 10.2. The smallest absolute Gasteiger partial charge is 0.344 e. The molecule has 0 bridgehead atoms. The molecular weight excluding hydrogens is 379 g/mol. The monoisotopic (exact) mass is 402 g/mol. The van der Waals surface area contributed by atoms with Crippen LogP contribution in [0.25, 0.3) is 0 Å². The van der Waals surface area contributed by atoms with Crippen LogP contribution in [0.4, 0.5) is 4.39 Å². The van der Waals surface area contributed by atoms with Crippen LogP contribution < -0.4 is 10.1 Å². The highest BCUT2D eigenvalue weighted by Crippen LogP contribution is 2.08. The molecule has 2 rings (SSSR count). The molecule has 0 radical (unpaired) electrons. The molecule has 0 atom stereocenters. The second-order valence-electron chi connectivity index (χ2n) is 6.07. The lowest BCUT2D eigenvalue weighted by Crippen LogP contribution is -2.42. The molecule has 2 amide bonds. The van der Waals surface area contributed by atoms with Crippen molar-refractivity contribution in [2.75, 3.05) is 26.3 Å². The third kappa shape index (κ3) is 8.00. The summed E-state index contributed by atoms with van der Waals surface area (Å²) in [5.41, 5.74) is 0.737. The molecule has 1 N–H and O–H groups in total. The molecule has 0 saturated heterocycles. The zero-order valence-electron chi connectivity index (χ0n) is 16.1. The van der Waals surface area contributed by atoms with E-state index >= 15 is 0 Å². The topological polar surface area (TPSA) is 84.9 Å². The van der Waals surface area contributed by atoms with Gasteiger partial charge in [-0.05, 0) is 36.8 Å². The molecule has 0 aliphatic carbocycles. The standard InChI is InChI=1S/C21H23FN2O5/c1-2-24(13-19(25)23-12-16-8-10-17(22)11-9-16)20(26)14-29-21(27)15-28-18-6-4-3-5-7-18/h3-11H,2,12-15H2,1H3,(H,23,25). The van der Waals surface area contributed by atoms with Crippen molar-refractivity contribution in [2.24, 2.45) is 0 Å². The number of halogens is 1. The Labute approximate surface area is 168 Å². The number of ether oxygens (including phenoxy) is 2. The van der Waals surface area contributed by atoms with Crippen LogP contribution in [0.2, 0.25) is 0 Å². The van der Waals surface area contributed by atoms with Crippen molar-refractivity contribution in [3.8, 4) is 5.75 Å². The number of amides is 2. The lowest BCUT2D eigenvalue weighted by molar-refractivity contribution is -0.154. The summed E-state index contributed by atoms with van der Waals surface area (Å²) in [6, 6.07) is 14.5. The molecule has 29 heavy (non-hydrogen) atoms. The SMILES string of the molecule is CCN(CC(=O)NCc1ccc(F)cc1)C(=O)COC(=O)COc1ccccc1. The molecule has 0 saturated carbocycles. The molecule has 0 aromatic heterocycles. The van der Waals surface area contributed by atoms with Crippen molar-refractivity contribution >= 4 is 17.8 Å². The Balaban J connectivity index is 1.70. The summed E-state index contributed by atoms with van der Waals surface area (Å²) in [6.07, 6.45) is 0. The minimum Gasteiger partial charge on any atom is -0.482 e. The van der Waals surface area contributed by atoms with E-state index in [0.717, 1.165) is 5.56 Å². The fraction of sp³-hybridized carbons (Fsp3) is 0.286. The van der Waals surface area contributed by atoms with Crippen molar-refractivity contribution in [1.82, 2.24) is 10.2 Å². The van der Waals surface area contributed by atoms with Gasteiger partial charge in [0.2, 0.25) is 5.91 Å². The van der Waals surface area contributed by atoms with Gasteiger partial charge in [-0.25, -0.2) is 9.18 Å². The molecule has 8 heteroatoms. The molecule has 2 aromatic carbocycles. The Morgan fingerprint density at radius 1 is 1.00 bits per heavy atom. The molecule has 0 fully saturated rings. The number of hydrogen-bond donors (Lipinski definition) is 1. The Kier molecular flexibility index (Phi) is 8.62. The number of likely N-dealkylation sites (N-methyl/N-ethyl adjacent to an activating group) is 1. The van der Waals surface area contributed by atoms with Crippen molar-refractivity contribution < 1.29 is 28.2 Å². The van der Waals surface area contributed by atoms with Crippen molar-refractivity contribution in [3.63, 3.8) is 0 Å². The van der Waals surface area contributed by atoms with Crippen LogP contribution in [-0.2, 0) is 25.7 Å². The summed E-state index contributed by atoms with van der Waals surface area (Å²) >= 11 is 0. The van der Waals surface area contributed by atoms with Crippen LogP contribution in [0.15, 0.2) is 54.6 Å². The number of esters is 1. The third-order valence-electron chi connectivity index (χ3n) is 3.93. The van der Waals surface area contributed by atoms with E-state index in [0.29, 0.717) is 5.75 Å². The summed E-state index contributed by atoms with van der Waals surface area (Å²) in [7, 11) is 0. The van der Waals surface area contributed by atoms with E-state index in [4.69, 9.17) is 9.47 Å². The van der Waals surface area contributed by atoms with Crippen molar-refractivity contribution in [1.29, 1.82) is 0 Å². The average molecular weight is 402 g/mol. The number of hydrogen-bond acceptors (Lipinski definition) is 5. The molecule has 154 valence electrons. The number of rotatable bonds is 10. The van der Waals surface area contributed by atoms with Gasteiger partial charge in [-0.15, -0.1) is 0 Å². The van der Waals surface area contributed by atoms with Gasteiger partial charge in [-0.3, -0.25) is 9.59 Å². The third-order valence-corrected chi connectivity index (χ3v) is 3.93. The largest absolute Gasteiger partial charge is 0.482 e. The first-order chi connectivity index (χ1) is 14.0. The Bertz CT molecular complexity index is 812. The quantitative estimate of drug-likeness (QED) is 0.614. The lowest BCUT2D eigenvalue weighted by Gasteiger charge is -2.20. The number of para-hydroxylation sites is 1. The molecular formula is C21H23FN2O5. The summed E-state index contributed by atoms with van der Waals surface area (Å²) in [5.74, 6) is -1.38. The van der Waals surface area contributed by atoms with E-state index in [1.807, 2.05) is 6.07 Å². The maximum Gasteiger partial charge on any atom is 0.344 e. The Hall–Kier alpha value is -3.42. The van der Waals surface area contributed by atoms with Crippen LogP contribution in [0.5, 0.6) is 5.75 Å².